The molecule has 1 aliphatic rings. The number of amides is 3. The lowest BCUT2D eigenvalue weighted by Gasteiger charge is -2.26. The molecule has 4 aromatic carbocycles. The molecule has 79 heavy (non-hydrogen) atoms. The van der Waals surface area contributed by atoms with Crippen molar-refractivity contribution in [2.24, 2.45) is 14.1 Å². The maximum Gasteiger partial charge on any atom is 0.387 e. The maximum atomic E-state index is 13.3. The second-order valence-corrected chi connectivity index (χ2v) is 18.1. The quantitative estimate of drug-likeness (QED) is 0.0864. The van der Waals surface area contributed by atoms with E-state index >= 15 is 0 Å². The monoisotopic (exact) mass is 1080 g/mol. The molecule has 11 rings (SSSR count). The number of carbonyl (C=O) groups is 3. The van der Waals surface area contributed by atoms with Gasteiger partial charge in [0.25, 0.3) is 17.7 Å². The van der Waals surface area contributed by atoms with Crippen molar-refractivity contribution >= 4 is 40.4 Å². The molecule has 0 unspecified atom stereocenters. The molecule has 10 aromatic rings. The van der Waals surface area contributed by atoms with Crippen LogP contribution < -0.4 is 29.6 Å². The second kappa shape index (κ2) is 22.6. The summed E-state index contributed by atoms with van der Waals surface area (Å²) < 4.78 is 80.6. The summed E-state index contributed by atoms with van der Waals surface area (Å²) in [6, 6.07) is 26.6. The molecule has 20 nitrogen and oxygen atoms in total. The highest BCUT2D eigenvalue weighted by atomic mass is 19.3. The van der Waals surface area contributed by atoms with Gasteiger partial charge in [-0.25, -0.2) is 19.0 Å². The van der Waals surface area contributed by atoms with E-state index in [4.69, 9.17) is 18.9 Å². The number of nitrogens with zero attached hydrogens (tertiary/aromatic N) is 11. The topological polar surface area (TPSA) is 211 Å². The third-order valence-electron chi connectivity index (χ3n) is 12.5. The fourth-order valence-corrected chi connectivity index (χ4v) is 8.59. The first-order valence-electron chi connectivity index (χ1n) is 24.4. The van der Waals surface area contributed by atoms with Gasteiger partial charge in [0.05, 0.1) is 34.9 Å². The minimum absolute atomic E-state index is 0.104. The van der Waals surface area contributed by atoms with Crippen LogP contribution in [0.25, 0.3) is 33.8 Å². The summed E-state index contributed by atoms with van der Waals surface area (Å²) in [7, 11) is 6.59. The zero-order valence-electron chi connectivity index (χ0n) is 42.5. The summed E-state index contributed by atoms with van der Waals surface area (Å²) >= 11 is 0. The first kappa shape index (κ1) is 52.3. The molecule has 0 bridgehead atoms. The maximum absolute atomic E-state index is 13.3. The van der Waals surface area contributed by atoms with E-state index in [1.807, 2.05) is 18.2 Å². The number of rotatable bonds is 16. The number of carbonyl (C=O) groups excluding carboxylic acids is 3. The molecule has 0 aliphatic heterocycles. The number of aryl methyl sites for hydroxylation is 2. The highest BCUT2D eigenvalue weighted by Crippen LogP contribution is 2.42. The van der Waals surface area contributed by atoms with Crippen LogP contribution in [-0.2, 0) is 14.1 Å². The lowest BCUT2D eigenvalue weighted by atomic mass is 9.80. The van der Waals surface area contributed by atoms with Gasteiger partial charge < -0.3 is 34.5 Å². The van der Waals surface area contributed by atoms with Gasteiger partial charge in [0.15, 0.2) is 11.3 Å². The Morgan fingerprint density at radius 3 is 1.57 bits per heavy atom. The fraction of sp³-hybridized carbons (Fsp3) is 0.182. The third kappa shape index (κ3) is 11.8. The average Bonchev–Trinajstić information content (AvgIpc) is 4.31. The molecule has 6 heterocycles. The van der Waals surface area contributed by atoms with E-state index in [1.54, 1.807) is 102 Å². The van der Waals surface area contributed by atoms with E-state index in [2.05, 4.69) is 47.1 Å². The van der Waals surface area contributed by atoms with Crippen LogP contribution in [0.4, 0.5) is 28.9 Å². The molecule has 0 spiro atoms. The van der Waals surface area contributed by atoms with E-state index in [0.717, 1.165) is 12.8 Å². The van der Waals surface area contributed by atoms with Crippen molar-refractivity contribution < 1.29 is 50.9 Å². The first-order chi connectivity index (χ1) is 38.1. The summed E-state index contributed by atoms with van der Waals surface area (Å²) in [5.41, 5.74) is 4.22. The highest BCUT2D eigenvalue weighted by Gasteiger charge is 2.25. The number of alkyl halides is 4. The van der Waals surface area contributed by atoms with Gasteiger partial charge in [0, 0.05) is 70.9 Å². The molecule has 2 N–H and O–H groups in total. The molecule has 0 radical (unpaired) electrons. The van der Waals surface area contributed by atoms with Gasteiger partial charge >= 0.3 is 13.2 Å². The number of nitrogens with one attached hydrogen (secondary N) is 2. The van der Waals surface area contributed by atoms with Crippen LogP contribution in [0.15, 0.2) is 147 Å². The predicted octanol–water partition coefficient (Wildman–Crippen LogP) is 10.5. The number of hydrogen-bond acceptors (Lipinski definition) is 13. The number of hydrogen-bond donors (Lipinski definition) is 2. The number of ether oxygens (including phenoxy) is 4. The van der Waals surface area contributed by atoms with Crippen molar-refractivity contribution in [3.63, 3.8) is 0 Å². The van der Waals surface area contributed by atoms with Crippen LogP contribution in [0, 0.1) is 0 Å². The molecule has 402 valence electrons. The Labute approximate surface area is 446 Å². The molecule has 1 aliphatic carbocycles. The number of anilines is 2. The second-order valence-electron chi connectivity index (χ2n) is 18.1. The summed E-state index contributed by atoms with van der Waals surface area (Å²) in [5.74, 6) is 0.870. The summed E-state index contributed by atoms with van der Waals surface area (Å²) in [5, 5.41) is 22.7. The number of aromatic nitrogens is 10. The molecular weight excluding hydrogens is 1030 g/mol. The largest absolute Gasteiger partial charge is 0.457 e. The molecule has 24 heteroatoms. The van der Waals surface area contributed by atoms with Crippen LogP contribution in [-0.4, -0.2) is 98.7 Å². The molecule has 0 atom stereocenters. The molecule has 1 fully saturated rings. The fourth-order valence-electron chi connectivity index (χ4n) is 8.59. The van der Waals surface area contributed by atoms with Crippen molar-refractivity contribution in [1.82, 2.24) is 53.7 Å². The van der Waals surface area contributed by atoms with Crippen LogP contribution in [0.1, 0.15) is 61.8 Å². The van der Waals surface area contributed by atoms with Crippen molar-refractivity contribution in [1.29, 1.82) is 0 Å². The lowest BCUT2D eigenvalue weighted by Crippen LogP contribution is -2.21. The Bertz CT molecular complexity index is 3850. The van der Waals surface area contributed by atoms with Crippen LogP contribution in [0.5, 0.6) is 34.5 Å². The standard InChI is InChI=1S/C28H24F2N6O3.C27H23F2N7O4/c1-35-16-23(33-27(37)22-15-32-36-12-4-11-31-26(22)36)25(34-35)21-14-20(9-10-24(21)39-28(29)30)38-19-8-3-7-18(13-19)17-5-2-6-17;1-34(2)26(38)16-5-7-17(8-6-16)39-18-9-10-22(40-27(28)29)19(13-18)23-21(15-35(3)33-23)32-25(37)20-14-31-36-12-4-11-30-24(20)36/h3-4,7-17,28H,2,5-6H2,1H3,(H,33,37);4-15,27H,1-3H3,(H,32,37). The Morgan fingerprint density at radius 2 is 1.10 bits per heavy atom. The van der Waals surface area contributed by atoms with Crippen molar-refractivity contribution in [2.75, 3.05) is 24.7 Å². The summed E-state index contributed by atoms with van der Waals surface area (Å²) in [4.78, 5) is 48.3. The third-order valence-corrected chi connectivity index (χ3v) is 12.5. The lowest BCUT2D eigenvalue weighted by molar-refractivity contribution is -0.0501. The van der Waals surface area contributed by atoms with Gasteiger partial charge in [-0.05, 0) is 109 Å². The minimum atomic E-state index is -3.10. The normalized spacial score (nSPS) is 12.2. The van der Waals surface area contributed by atoms with Gasteiger partial charge in [-0.3, -0.25) is 23.7 Å². The van der Waals surface area contributed by atoms with E-state index in [1.165, 1.54) is 84.3 Å². The Balaban J connectivity index is 0.000000178. The van der Waals surface area contributed by atoms with Crippen molar-refractivity contribution in [3.8, 4) is 57.0 Å². The van der Waals surface area contributed by atoms with E-state index in [9.17, 15) is 31.9 Å². The molecular formula is C55H47F4N13O7. The average molecular weight is 1080 g/mol. The van der Waals surface area contributed by atoms with Crippen LogP contribution >= 0.6 is 0 Å². The highest BCUT2D eigenvalue weighted by molar-refractivity contribution is 6.10. The SMILES string of the molecule is CN(C)C(=O)c1ccc(Oc2ccc(OC(F)F)c(-c3nn(C)cc3NC(=O)c3cnn4cccnc34)c2)cc1.Cn1cc(NC(=O)c2cnn3cccnc23)c(-c2cc(Oc3cccc(C4CCC4)c3)ccc2OC(F)F)n1. The van der Waals surface area contributed by atoms with Gasteiger partial charge in [0.1, 0.15) is 57.0 Å². The first-order valence-corrected chi connectivity index (χ1v) is 24.4. The van der Waals surface area contributed by atoms with Gasteiger partial charge in [-0.2, -0.15) is 38.0 Å². The van der Waals surface area contributed by atoms with Crippen molar-refractivity contribution in [3.05, 3.63) is 169 Å². The van der Waals surface area contributed by atoms with E-state index in [0.29, 0.717) is 45.7 Å². The van der Waals surface area contributed by atoms with E-state index in [-0.39, 0.29) is 62.5 Å². The summed E-state index contributed by atoms with van der Waals surface area (Å²) in [6.45, 7) is -6.15. The predicted molar refractivity (Wildman–Crippen MR) is 280 cm³/mol. The minimum Gasteiger partial charge on any atom is -0.457 e. The zero-order chi connectivity index (χ0) is 55.3. The van der Waals surface area contributed by atoms with Gasteiger partial charge in [0.2, 0.25) is 0 Å². The molecule has 1 saturated carbocycles. The van der Waals surface area contributed by atoms with Gasteiger partial charge in [-0.1, -0.05) is 18.6 Å². The number of fused-ring (bicyclic) bond motifs is 2. The molecule has 6 aromatic heterocycles. The van der Waals surface area contributed by atoms with Crippen LogP contribution in [0.2, 0.25) is 0 Å². The van der Waals surface area contributed by atoms with Crippen molar-refractivity contribution in [2.45, 2.75) is 38.4 Å². The molecule has 0 saturated heterocycles. The number of halogens is 4. The Hall–Kier alpha value is -10.1. The molecule has 3 amide bonds. The summed E-state index contributed by atoms with van der Waals surface area (Å²) in [6.07, 6.45) is 15.9. The zero-order valence-corrected chi connectivity index (χ0v) is 42.5. The Morgan fingerprint density at radius 1 is 0.620 bits per heavy atom. The van der Waals surface area contributed by atoms with Crippen LogP contribution in [0.3, 0.4) is 0 Å². The van der Waals surface area contributed by atoms with E-state index < -0.39 is 25.0 Å². The number of benzene rings is 4. The van der Waals surface area contributed by atoms with Gasteiger partial charge in [-0.15, -0.1) is 0 Å². The smallest absolute Gasteiger partial charge is 0.387 e. The Kier molecular flexibility index (Phi) is 15.0.